The van der Waals surface area contributed by atoms with Crippen molar-refractivity contribution in [3.05, 3.63) is 29.3 Å². The van der Waals surface area contributed by atoms with Crippen LogP contribution in [0.25, 0.3) is 0 Å². The fourth-order valence-electron chi connectivity index (χ4n) is 1.41. The highest BCUT2D eigenvalue weighted by Crippen LogP contribution is 2.19. The maximum Gasteiger partial charge on any atom is 0.251 e. The molecule has 1 unspecified atom stereocenters. The molecule has 1 amide bonds. The van der Waals surface area contributed by atoms with Gasteiger partial charge in [0.15, 0.2) is 0 Å². The van der Waals surface area contributed by atoms with E-state index >= 15 is 0 Å². The Balaban J connectivity index is 2.84. The quantitative estimate of drug-likeness (QED) is 0.816. The van der Waals surface area contributed by atoms with Gasteiger partial charge in [-0.1, -0.05) is 6.07 Å². The zero-order valence-electron chi connectivity index (χ0n) is 10.5. The normalized spacial score (nSPS) is 12.0. The van der Waals surface area contributed by atoms with Crippen molar-refractivity contribution in [2.24, 2.45) is 0 Å². The predicted octanol–water partition coefficient (Wildman–Crippen LogP) is 1.50. The Morgan fingerprint density at radius 3 is 2.82 bits per heavy atom. The SMILES string of the molecule is CCOc1cc(C(=O)NC(C)CO)ccc1C. The van der Waals surface area contributed by atoms with Gasteiger partial charge in [-0.25, -0.2) is 0 Å². The van der Waals surface area contributed by atoms with Crippen LogP contribution in [0.15, 0.2) is 18.2 Å². The second-order valence-electron chi connectivity index (χ2n) is 3.97. The largest absolute Gasteiger partial charge is 0.494 e. The number of rotatable bonds is 5. The molecule has 4 heteroatoms. The number of hydrogen-bond donors (Lipinski definition) is 2. The Morgan fingerprint density at radius 1 is 1.53 bits per heavy atom. The molecule has 94 valence electrons. The van der Waals surface area contributed by atoms with Gasteiger partial charge in [0.05, 0.1) is 13.2 Å². The molecule has 1 atom stereocenters. The molecule has 1 aromatic carbocycles. The smallest absolute Gasteiger partial charge is 0.251 e. The maximum absolute atomic E-state index is 11.8. The lowest BCUT2D eigenvalue weighted by Crippen LogP contribution is -2.34. The van der Waals surface area contributed by atoms with E-state index in [-0.39, 0.29) is 18.6 Å². The molecule has 0 heterocycles. The maximum atomic E-state index is 11.8. The highest BCUT2D eigenvalue weighted by Gasteiger charge is 2.10. The molecule has 0 spiro atoms. The van der Waals surface area contributed by atoms with E-state index in [1.165, 1.54) is 0 Å². The van der Waals surface area contributed by atoms with Crippen molar-refractivity contribution < 1.29 is 14.6 Å². The van der Waals surface area contributed by atoms with Crippen LogP contribution in [0.4, 0.5) is 0 Å². The average molecular weight is 237 g/mol. The molecule has 0 aromatic heterocycles. The van der Waals surface area contributed by atoms with Crippen LogP contribution in [0.3, 0.4) is 0 Å². The van der Waals surface area contributed by atoms with E-state index in [1.807, 2.05) is 19.9 Å². The van der Waals surface area contributed by atoms with Crippen molar-refractivity contribution in [3.8, 4) is 5.75 Å². The number of amides is 1. The first kappa shape index (κ1) is 13.5. The third-order valence-corrected chi connectivity index (χ3v) is 2.40. The van der Waals surface area contributed by atoms with Crippen LogP contribution < -0.4 is 10.1 Å². The number of benzene rings is 1. The third kappa shape index (κ3) is 3.75. The van der Waals surface area contributed by atoms with Gasteiger partial charge in [-0.2, -0.15) is 0 Å². The lowest BCUT2D eigenvalue weighted by Gasteiger charge is -2.12. The zero-order chi connectivity index (χ0) is 12.8. The summed E-state index contributed by atoms with van der Waals surface area (Å²) in [4.78, 5) is 11.8. The van der Waals surface area contributed by atoms with Crippen LogP contribution in [0.2, 0.25) is 0 Å². The van der Waals surface area contributed by atoms with E-state index in [2.05, 4.69) is 5.32 Å². The van der Waals surface area contributed by atoms with Crippen molar-refractivity contribution in [1.82, 2.24) is 5.32 Å². The van der Waals surface area contributed by atoms with Crippen molar-refractivity contribution >= 4 is 5.91 Å². The van der Waals surface area contributed by atoms with E-state index in [0.717, 1.165) is 11.3 Å². The summed E-state index contributed by atoms with van der Waals surface area (Å²) >= 11 is 0. The number of nitrogens with one attached hydrogen (secondary N) is 1. The fourth-order valence-corrected chi connectivity index (χ4v) is 1.41. The lowest BCUT2D eigenvalue weighted by atomic mass is 10.1. The molecular weight excluding hydrogens is 218 g/mol. The highest BCUT2D eigenvalue weighted by molar-refractivity contribution is 5.94. The molecule has 0 radical (unpaired) electrons. The number of carbonyl (C=O) groups excluding carboxylic acids is 1. The Labute approximate surface area is 102 Å². The topological polar surface area (TPSA) is 58.6 Å². The van der Waals surface area contributed by atoms with Gasteiger partial charge < -0.3 is 15.2 Å². The number of aliphatic hydroxyl groups excluding tert-OH is 1. The number of carbonyl (C=O) groups is 1. The molecule has 0 aliphatic rings. The summed E-state index contributed by atoms with van der Waals surface area (Å²) in [5.41, 5.74) is 1.54. The Kier molecular flexibility index (Phi) is 4.97. The number of hydrogen-bond acceptors (Lipinski definition) is 3. The van der Waals surface area contributed by atoms with Gasteiger partial charge in [-0.05, 0) is 38.5 Å². The van der Waals surface area contributed by atoms with Crippen LogP contribution in [0.5, 0.6) is 5.75 Å². The van der Waals surface area contributed by atoms with E-state index in [0.29, 0.717) is 12.2 Å². The number of aliphatic hydroxyl groups is 1. The Morgan fingerprint density at radius 2 is 2.24 bits per heavy atom. The van der Waals surface area contributed by atoms with E-state index < -0.39 is 0 Å². The van der Waals surface area contributed by atoms with Gasteiger partial charge in [0.2, 0.25) is 0 Å². The monoisotopic (exact) mass is 237 g/mol. The standard InChI is InChI=1S/C13H19NO3/c1-4-17-12-7-11(6-5-9(12)2)13(16)14-10(3)8-15/h5-7,10,15H,4,8H2,1-3H3,(H,14,16). The van der Waals surface area contributed by atoms with Crippen LogP contribution in [0.1, 0.15) is 29.8 Å². The van der Waals surface area contributed by atoms with Gasteiger partial charge in [-0.3, -0.25) is 4.79 Å². The first-order chi connectivity index (χ1) is 8.08. The Bertz CT molecular complexity index is 390. The average Bonchev–Trinajstić information content (AvgIpc) is 2.32. The summed E-state index contributed by atoms with van der Waals surface area (Å²) < 4.78 is 5.43. The molecule has 0 aliphatic carbocycles. The van der Waals surface area contributed by atoms with Gasteiger partial charge in [0.1, 0.15) is 5.75 Å². The summed E-state index contributed by atoms with van der Waals surface area (Å²) in [6.45, 7) is 6.08. The van der Waals surface area contributed by atoms with Crippen LogP contribution >= 0.6 is 0 Å². The van der Waals surface area contributed by atoms with E-state index in [1.54, 1.807) is 19.1 Å². The number of aryl methyl sites for hydroxylation is 1. The van der Waals surface area contributed by atoms with E-state index in [4.69, 9.17) is 9.84 Å². The first-order valence-electron chi connectivity index (χ1n) is 5.73. The van der Waals surface area contributed by atoms with E-state index in [9.17, 15) is 4.79 Å². The molecule has 0 aliphatic heterocycles. The van der Waals surface area contributed by atoms with Crippen molar-refractivity contribution in [2.45, 2.75) is 26.8 Å². The molecule has 1 rings (SSSR count). The molecule has 17 heavy (non-hydrogen) atoms. The van der Waals surface area contributed by atoms with Gasteiger partial charge in [0.25, 0.3) is 5.91 Å². The summed E-state index contributed by atoms with van der Waals surface area (Å²) in [6.07, 6.45) is 0. The molecule has 0 bridgehead atoms. The summed E-state index contributed by atoms with van der Waals surface area (Å²) in [5, 5.41) is 11.6. The Hall–Kier alpha value is -1.55. The summed E-state index contributed by atoms with van der Waals surface area (Å²) in [7, 11) is 0. The molecule has 4 nitrogen and oxygen atoms in total. The lowest BCUT2D eigenvalue weighted by molar-refractivity contribution is 0.0922. The summed E-state index contributed by atoms with van der Waals surface area (Å²) in [6, 6.07) is 5.07. The second kappa shape index (κ2) is 6.25. The fraction of sp³-hybridized carbons (Fsp3) is 0.462. The molecule has 2 N–H and O–H groups in total. The minimum atomic E-state index is -0.251. The van der Waals surface area contributed by atoms with Crippen molar-refractivity contribution in [3.63, 3.8) is 0 Å². The van der Waals surface area contributed by atoms with Crippen LogP contribution in [-0.4, -0.2) is 30.3 Å². The highest BCUT2D eigenvalue weighted by atomic mass is 16.5. The molecule has 0 saturated carbocycles. The molecule has 0 fully saturated rings. The van der Waals surface area contributed by atoms with Crippen molar-refractivity contribution in [2.75, 3.05) is 13.2 Å². The second-order valence-corrected chi connectivity index (χ2v) is 3.97. The first-order valence-corrected chi connectivity index (χ1v) is 5.73. The molecular formula is C13H19NO3. The van der Waals surface area contributed by atoms with Crippen LogP contribution in [-0.2, 0) is 0 Å². The third-order valence-electron chi connectivity index (χ3n) is 2.40. The van der Waals surface area contributed by atoms with Crippen LogP contribution in [0, 0.1) is 6.92 Å². The number of ether oxygens (including phenoxy) is 1. The summed E-state index contributed by atoms with van der Waals surface area (Å²) in [5.74, 6) is 0.518. The van der Waals surface area contributed by atoms with Gasteiger partial charge in [-0.15, -0.1) is 0 Å². The minimum absolute atomic E-state index is 0.0735. The molecule has 1 aromatic rings. The minimum Gasteiger partial charge on any atom is -0.494 e. The predicted molar refractivity (Wildman–Crippen MR) is 66.4 cm³/mol. The van der Waals surface area contributed by atoms with Gasteiger partial charge in [0, 0.05) is 11.6 Å². The van der Waals surface area contributed by atoms with Gasteiger partial charge >= 0.3 is 0 Å². The molecule has 0 saturated heterocycles. The zero-order valence-corrected chi connectivity index (χ0v) is 10.5. The van der Waals surface area contributed by atoms with Crippen molar-refractivity contribution in [1.29, 1.82) is 0 Å².